The minimum atomic E-state index is -3.28. The van der Waals surface area contributed by atoms with Gasteiger partial charge in [-0.2, -0.15) is 0 Å². The standard InChI is InChI=1S/C25H27NO7S3/c1-36(30,31)20-9-6-16(7-10-20)21-11-8-19(33-21)15-22-23(28)26(25(34)35-22)18-5-2-4-17(14-18)24(29)32-13-3-12-27/h6-11,15,17-18,27H,2-5,12-14H2,1H3. The Balaban J connectivity index is 1.44. The number of hydrogen-bond donors (Lipinski definition) is 1. The predicted molar refractivity (Wildman–Crippen MR) is 141 cm³/mol. The molecule has 1 N–H and O–H groups in total. The third-order valence-corrected chi connectivity index (χ3v) is 8.64. The summed E-state index contributed by atoms with van der Waals surface area (Å²) in [7, 11) is -3.28. The number of carbonyl (C=O) groups excluding carboxylic acids is 2. The minimum absolute atomic E-state index is 0.0317. The molecule has 1 saturated heterocycles. The van der Waals surface area contributed by atoms with Crippen molar-refractivity contribution in [1.29, 1.82) is 0 Å². The Bertz CT molecular complexity index is 1280. The van der Waals surface area contributed by atoms with Crippen LogP contribution >= 0.6 is 24.0 Å². The molecule has 36 heavy (non-hydrogen) atoms. The van der Waals surface area contributed by atoms with E-state index in [0.29, 0.717) is 45.6 Å². The van der Waals surface area contributed by atoms with E-state index in [2.05, 4.69) is 0 Å². The molecular formula is C25H27NO7S3. The highest BCUT2D eigenvalue weighted by Gasteiger charge is 2.40. The van der Waals surface area contributed by atoms with Crippen molar-refractivity contribution >= 4 is 56.1 Å². The topological polar surface area (TPSA) is 114 Å². The normalized spacial score (nSPS) is 21.8. The highest BCUT2D eigenvalue weighted by atomic mass is 32.2. The average molecular weight is 550 g/mol. The SMILES string of the molecule is CS(=O)(=O)c1ccc(-c2ccc(C=C3SC(=S)N(C4CCCC(C(=O)OCCCO)C4)C3=O)o2)cc1. The van der Waals surface area contributed by atoms with Gasteiger partial charge in [0, 0.05) is 37.0 Å². The molecule has 0 radical (unpaired) electrons. The van der Waals surface area contributed by atoms with Gasteiger partial charge in [-0.25, -0.2) is 8.42 Å². The highest BCUT2D eigenvalue weighted by Crippen LogP contribution is 2.39. The van der Waals surface area contributed by atoms with Crippen LogP contribution in [-0.2, 0) is 24.2 Å². The summed E-state index contributed by atoms with van der Waals surface area (Å²) in [5.41, 5.74) is 0.716. The van der Waals surface area contributed by atoms with Crippen LogP contribution in [0.5, 0.6) is 0 Å². The Kier molecular flexibility index (Phi) is 8.34. The summed E-state index contributed by atoms with van der Waals surface area (Å²) in [6.07, 6.45) is 5.96. The molecule has 1 aromatic heterocycles. The number of amides is 1. The number of aliphatic hydroxyl groups is 1. The van der Waals surface area contributed by atoms with Crippen LogP contribution in [0, 0.1) is 5.92 Å². The lowest BCUT2D eigenvalue weighted by Gasteiger charge is -2.33. The molecule has 192 valence electrons. The number of benzene rings is 1. The first-order chi connectivity index (χ1) is 17.2. The molecule has 11 heteroatoms. The summed E-state index contributed by atoms with van der Waals surface area (Å²) < 4.78 is 34.9. The Morgan fingerprint density at radius 1 is 1.25 bits per heavy atom. The number of esters is 1. The molecular weight excluding hydrogens is 522 g/mol. The molecule has 1 saturated carbocycles. The van der Waals surface area contributed by atoms with E-state index in [0.717, 1.165) is 19.1 Å². The van der Waals surface area contributed by atoms with Gasteiger partial charge in [0.2, 0.25) is 0 Å². The smallest absolute Gasteiger partial charge is 0.309 e. The number of hydrogen-bond acceptors (Lipinski definition) is 9. The molecule has 1 aliphatic carbocycles. The van der Waals surface area contributed by atoms with Gasteiger partial charge in [0.15, 0.2) is 9.84 Å². The zero-order valence-electron chi connectivity index (χ0n) is 19.7. The van der Waals surface area contributed by atoms with E-state index in [1.54, 1.807) is 35.2 Å². The van der Waals surface area contributed by atoms with Gasteiger partial charge < -0.3 is 14.3 Å². The number of furan rings is 1. The van der Waals surface area contributed by atoms with E-state index in [1.165, 1.54) is 23.9 Å². The van der Waals surface area contributed by atoms with Crippen LogP contribution in [0.1, 0.15) is 37.9 Å². The molecule has 2 aromatic rings. The van der Waals surface area contributed by atoms with Crippen molar-refractivity contribution in [1.82, 2.24) is 4.90 Å². The van der Waals surface area contributed by atoms with Crippen molar-refractivity contribution in [3.05, 3.63) is 47.1 Å². The Morgan fingerprint density at radius 3 is 2.69 bits per heavy atom. The first kappa shape index (κ1) is 26.6. The lowest BCUT2D eigenvalue weighted by atomic mass is 9.85. The average Bonchev–Trinajstić information content (AvgIpc) is 3.42. The lowest BCUT2D eigenvalue weighted by Crippen LogP contribution is -2.43. The fourth-order valence-corrected chi connectivity index (χ4v) is 6.35. The van der Waals surface area contributed by atoms with Gasteiger partial charge in [0.1, 0.15) is 15.8 Å². The molecule has 0 spiro atoms. The predicted octanol–water partition coefficient (Wildman–Crippen LogP) is 4.04. The fraction of sp³-hybridized carbons (Fsp3) is 0.400. The summed E-state index contributed by atoms with van der Waals surface area (Å²) in [6.45, 7) is 0.156. The monoisotopic (exact) mass is 549 g/mol. The number of rotatable bonds is 8. The first-order valence-corrected chi connectivity index (χ1v) is 14.7. The van der Waals surface area contributed by atoms with Crippen molar-refractivity contribution in [2.24, 2.45) is 5.92 Å². The van der Waals surface area contributed by atoms with Crippen LogP contribution in [0.4, 0.5) is 0 Å². The zero-order valence-corrected chi connectivity index (χ0v) is 22.2. The molecule has 4 rings (SSSR count). The van der Waals surface area contributed by atoms with E-state index in [1.807, 2.05) is 0 Å². The van der Waals surface area contributed by atoms with Gasteiger partial charge in [0.05, 0.1) is 22.3 Å². The summed E-state index contributed by atoms with van der Waals surface area (Å²) in [6, 6.07) is 9.73. The van der Waals surface area contributed by atoms with Gasteiger partial charge in [-0.3, -0.25) is 14.5 Å². The number of aliphatic hydroxyl groups excluding tert-OH is 1. The van der Waals surface area contributed by atoms with Crippen LogP contribution < -0.4 is 0 Å². The molecule has 0 bridgehead atoms. The molecule has 1 amide bonds. The lowest BCUT2D eigenvalue weighted by molar-refractivity contribution is -0.151. The number of thiocarbonyl (C=S) groups is 1. The van der Waals surface area contributed by atoms with Crippen LogP contribution in [0.3, 0.4) is 0 Å². The van der Waals surface area contributed by atoms with E-state index in [9.17, 15) is 18.0 Å². The van der Waals surface area contributed by atoms with Crippen molar-refractivity contribution in [2.45, 2.75) is 43.0 Å². The number of ether oxygens (including phenoxy) is 1. The first-order valence-electron chi connectivity index (χ1n) is 11.6. The van der Waals surface area contributed by atoms with E-state index in [-0.39, 0.29) is 41.9 Å². The second kappa shape index (κ2) is 11.3. The zero-order chi connectivity index (χ0) is 25.9. The van der Waals surface area contributed by atoms with Crippen LogP contribution in [-0.4, -0.2) is 60.1 Å². The third kappa shape index (κ3) is 6.08. The highest BCUT2D eigenvalue weighted by molar-refractivity contribution is 8.26. The summed E-state index contributed by atoms with van der Waals surface area (Å²) >= 11 is 6.71. The molecule has 2 unspecified atom stereocenters. The number of thioether (sulfide) groups is 1. The van der Waals surface area contributed by atoms with Gasteiger partial charge in [0.25, 0.3) is 5.91 Å². The second-order valence-electron chi connectivity index (χ2n) is 8.81. The maximum absolute atomic E-state index is 13.2. The molecule has 8 nitrogen and oxygen atoms in total. The fourth-order valence-electron chi connectivity index (χ4n) is 4.34. The van der Waals surface area contributed by atoms with Crippen LogP contribution in [0.25, 0.3) is 17.4 Å². The maximum Gasteiger partial charge on any atom is 0.309 e. The molecule has 2 fully saturated rings. The van der Waals surface area contributed by atoms with E-state index in [4.69, 9.17) is 26.5 Å². The Labute approximate surface area is 219 Å². The van der Waals surface area contributed by atoms with Gasteiger partial charge in [-0.1, -0.05) is 30.4 Å². The van der Waals surface area contributed by atoms with E-state index < -0.39 is 9.84 Å². The Morgan fingerprint density at radius 2 is 2.00 bits per heavy atom. The van der Waals surface area contributed by atoms with Gasteiger partial charge >= 0.3 is 5.97 Å². The van der Waals surface area contributed by atoms with Crippen molar-refractivity contribution in [2.75, 3.05) is 19.5 Å². The molecule has 2 atom stereocenters. The van der Waals surface area contributed by atoms with E-state index >= 15 is 0 Å². The molecule has 1 aliphatic heterocycles. The summed E-state index contributed by atoms with van der Waals surface area (Å²) in [5.74, 6) is 0.234. The second-order valence-corrected chi connectivity index (χ2v) is 12.5. The summed E-state index contributed by atoms with van der Waals surface area (Å²) in [5, 5.41) is 8.88. The Hall–Kier alpha value is -2.47. The molecule has 2 heterocycles. The molecule has 2 aliphatic rings. The van der Waals surface area contributed by atoms with Gasteiger partial charge in [-0.05, 0) is 55.7 Å². The maximum atomic E-state index is 13.2. The van der Waals surface area contributed by atoms with Crippen molar-refractivity contribution < 1.29 is 32.3 Å². The largest absolute Gasteiger partial charge is 0.465 e. The van der Waals surface area contributed by atoms with Crippen LogP contribution in [0.15, 0.2) is 50.6 Å². The minimum Gasteiger partial charge on any atom is -0.465 e. The number of carbonyl (C=O) groups is 2. The third-order valence-electron chi connectivity index (χ3n) is 6.18. The number of sulfone groups is 1. The van der Waals surface area contributed by atoms with Gasteiger partial charge in [-0.15, -0.1) is 0 Å². The summed E-state index contributed by atoms with van der Waals surface area (Å²) in [4.78, 5) is 27.9. The van der Waals surface area contributed by atoms with Crippen LogP contribution in [0.2, 0.25) is 0 Å². The number of nitrogens with zero attached hydrogens (tertiary/aromatic N) is 1. The van der Waals surface area contributed by atoms with Crippen molar-refractivity contribution in [3.63, 3.8) is 0 Å². The molecule has 1 aromatic carbocycles. The van der Waals surface area contributed by atoms with Crippen molar-refractivity contribution in [3.8, 4) is 11.3 Å². The quantitative estimate of drug-likeness (QED) is 0.226.